The topological polar surface area (TPSA) is 66.1 Å². The van der Waals surface area contributed by atoms with Crippen LogP contribution >= 0.6 is 11.6 Å². The molecule has 0 aliphatic heterocycles. The van der Waals surface area contributed by atoms with Crippen molar-refractivity contribution in [1.29, 1.82) is 10.7 Å². The summed E-state index contributed by atoms with van der Waals surface area (Å²) in [6.07, 6.45) is -0.131. The smallest absolute Gasteiger partial charge is 0.226 e. The van der Waals surface area contributed by atoms with Gasteiger partial charge < -0.3 is 9.47 Å². The molecule has 1 aromatic carbocycles. The molecule has 102 valence electrons. The minimum absolute atomic E-state index is 0.0772. The highest BCUT2D eigenvalue weighted by Crippen LogP contribution is 2.27. The van der Waals surface area contributed by atoms with E-state index in [2.05, 4.69) is 0 Å². The van der Waals surface area contributed by atoms with Crippen LogP contribution < -0.4 is 4.74 Å². The fourth-order valence-corrected chi connectivity index (χ4v) is 1.57. The molecule has 0 aliphatic rings. The average Bonchev–Trinajstić information content (AvgIpc) is 2.33. The van der Waals surface area contributed by atoms with E-state index in [9.17, 15) is 4.39 Å². The summed E-state index contributed by atoms with van der Waals surface area (Å²) in [5, 5.41) is 16.8. The van der Waals surface area contributed by atoms with Crippen molar-refractivity contribution in [1.82, 2.24) is 0 Å². The van der Waals surface area contributed by atoms with Gasteiger partial charge in [0.15, 0.2) is 17.2 Å². The van der Waals surface area contributed by atoms with Crippen LogP contribution in [0, 0.1) is 22.6 Å². The molecule has 0 fully saturated rings. The van der Waals surface area contributed by atoms with Gasteiger partial charge in [0.1, 0.15) is 0 Å². The highest BCUT2D eigenvalue weighted by Gasteiger charge is 2.34. The summed E-state index contributed by atoms with van der Waals surface area (Å²) >= 11 is 5.65. The number of rotatable bonds is 5. The maximum Gasteiger partial charge on any atom is 0.226 e. The third kappa shape index (κ3) is 3.83. The fraction of sp³-hybridized carbons (Fsp3) is 0.385. The first kappa shape index (κ1) is 15.3. The molecule has 19 heavy (non-hydrogen) atoms. The van der Waals surface area contributed by atoms with Crippen molar-refractivity contribution in [2.45, 2.75) is 25.9 Å². The third-order valence-corrected chi connectivity index (χ3v) is 2.65. The van der Waals surface area contributed by atoms with Crippen LogP contribution in [0.5, 0.6) is 5.75 Å². The van der Waals surface area contributed by atoms with Gasteiger partial charge in [0.2, 0.25) is 5.90 Å². The zero-order valence-electron chi connectivity index (χ0n) is 10.7. The van der Waals surface area contributed by atoms with Crippen LogP contribution in [0.4, 0.5) is 4.39 Å². The van der Waals surface area contributed by atoms with Crippen LogP contribution in [0.1, 0.15) is 20.3 Å². The Bertz CT molecular complexity index is 516. The molecule has 0 spiro atoms. The van der Waals surface area contributed by atoms with Gasteiger partial charge in [-0.15, -0.1) is 0 Å². The Labute approximate surface area is 116 Å². The molecule has 1 atom stereocenters. The summed E-state index contributed by atoms with van der Waals surface area (Å²) in [5.41, 5.74) is -1.33. The minimum Gasteiger partial charge on any atom is -0.479 e. The first-order valence-corrected chi connectivity index (χ1v) is 6.03. The molecular weight excluding hydrogens is 271 g/mol. The number of nitriles is 1. The molecule has 1 N–H and O–H groups in total. The van der Waals surface area contributed by atoms with Crippen molar-refractivity contribution >= 4 is 17.5 Å². The van der Waals surface area contributed by atoms with E-state index in [1.165, 1.54) is 19.1 Å². The van der Waals surface area contributed by atoms with Crippen molar-refractivity contribution in [3.05, 3.63) is 29.0 Å². The normalized spacial score (nSPS) is 13.2. The van der Waals surface area contributed by atoms with Gasteiger partial charge in [-0.05, 0) is 32.0 Å². The Balaban J connectivity index is 3.01. The van der Waals surface area contributed by atoms with Gasteiger partial charge in [0, 0.05) is 5.02 Å². The van der Waals surface area contributed by atoms with Gasteiger partial charge in [-0.1, -0.05) is 11.6 Å². The lowest BCUT2D eigenvalue weighted by Crippen LogP contribution is -2.42. The second-order valence-electron chi connectivity index (χ2n) is 4.00. The zero-order chi connectivity index (χ0) is 14.5. The molecule has 0 saturated heterocycles. The average molecular weight is 285 g/mol. The first-order valence-electron chi connectivity index (χ1n) is 5.65. The molecule has 4 nitrogen and oxygen atoms in total. The minimum atomic E-state index is -1.33. The fourth-order valence-electron chi connectivity index (χ4n) is 1.41. The lowest BCUT2D eigenvalue weighted by Gasteiger charge is -2.28. The number of hydrogen-bond acceptors (Lipinski definition) is 4. The molecule has 1 aromatic rings. The first-order chi connectivity index (χ1) is 8.92. The van der Waals surface area contributed by atoms with Gasteiger partial charge >= 0.3 is 0 Å². The van der Waals surface area contributed by atoms with Crippen LogP contribution in [0.15, 0.2) is 18.2 Å². The monoisotopic (exact) mass is 284 g/mol. The van der Waals surface area contributed by atoms with Gasteiger partial charge in [0.25, 0.3) is 0 Å². The zero-order valence-corrected chi connectivity index (χ0v) is 11.4. The second-order valence-corrected chi connectivity index (χ2v) is 4.44. The molecule has 0 aliphatic carbocycles. The van der Waals surface area contributed by atoms with E-state index < -0.39 is 11.4 Å². The van der Waals surface area contributed by atoms with E-state index in [1.807, 2.05) is 6.07 Å². The van der Waals surface area contributed by atoms with Crippen molar-refractivity contribution in [2.24, 2.45) is 0 Å². The van der Waals surface area contributed by atoms with Crippen LogP contribution in [0.25, 0.3) is 0 Å². The standard InChI is InChI=1S/C13H14ClFN2O2/c1-3-18-12(17)13(2,6-7-16)19-11-5-4-9(14)8-10(11)15/h4-5,8,17H,3,6H2,1-2H3. The van der Waals surface area contributed by atoms with E-state index in [4.69, 9.17) is 31.7 Å². The molecule has 0 bridgehead atoms. The molecule has 1 unspecified atom stereocenters. The van der Waals surface area contributed by atoms with E-state index in [0.29, 0.717) is 0 Å². The lowest BCUT2D eigenvalue weighted by atomic mass is 10.0. The summed E-state index contributed by atoms with van der Waals surface area (Å²) in [6, 6.07) is 5.83. The predicted octanol–water partition coefficient (Wildman–Crippen LogP) is 3.54. The maximum absolute atomic E-state index is 13.7. The number of hydrogen-bond donors (Lipinski definition) is 1. The SMILES string of the molecule is CCOC(=N)C(C)(CC#N)Oc1ccc(Cl)cc1F. The molecule has 0 saturated carbocycles. The quantitative estimate of drug-likeness (QED) is 0.664. The van der Waals surface area contributed by atoms with Crippen molar-refractivity contribution in [3.63, 3.8) is 0 Å². The number of halogens is 2. The van der Waals surface area contributed by atoms with Crippen LogP contribution in [-0.4, -0.2) is 18.1 Å². The number of ether oxygens (including phenoxy) is 2. The lowest BCUT2D eigenvalue weighted by molar-refractivity contribution is 0.120. The molecule has 1 rings (SSSR count). The number of nitrogens with one attached hydrogen (secondary N) is 1. The van der Waals surface area contributed by atoms with Gasteiger partial charge in [-0.3, -0.25) is 5.41 Å². The summed E-state index contributed by atoms with van der Waals surface area (Å²) in [5.74, 6) is -0.946. The van der Waals surface area contributed by atoms with E-state index >= 15 is 0 Å². The van der Waals surface area contributed by atoms with Gasteiger partial charge in [0.05, 0.1) is 19.1 Å². The van der Waals surface area contributed by atoms with E-state index in [0.717, 1.165) is 6.07 Å². The number of nitrogens with zero attached hydrogens (tertiary/aromatic N) is 1. The maximum atomic E-state index is 13.7. The van der Waals surface area contributed by atoms with Crippen molar-refractivity contribution in [2.75, 3.05) is 6.61 Å². The molecular formula is C13H14ClFN2O2. The van der Waals surface area contributed by atoms with Crippen molar-refractivity contribution in [3.8, 4) is 11.8 Å². The second kappa shape index (κ2) is 6.39. The van der Waals surface area contributed by atoms with Crippen LogP contribution in [0.3, 0.4) is 0 Å². The Morgan fingerprint density at radius 1 is 1.58 bits per heavy atom. The summed E-state index contributed by atoms with van der Waals surface area (Å²) < 4.78 is 24.2. The predicted molar refractivity (Wildman–Crippen MR) is 70.0 cm³/mol. The van der Waals surface area contributed by atoms with Crippen LogP contribution in [-0.2, 0) is 4.74 Å². The molecule has 0 heterocycles. The van der Waals surface area contributed by atoms with Crippen LogP contribution in [0.2, 0.25) is 5.02 Å². The third-order valence-electron chi connectivity index (χ3n) is 2.41. The summed E-state index contributed by atoms with van der Waals surface area (Å²) in [7, 11) is 0. The number of benzene rings is 1. The Morgan fingerprint density at radius 3 is 2.79 bits per heavy atom. The summed E-state index contributed by atoms with van der Waals surface area (Å²) in [4.78, 5) is 0. The highest BCUT2D eigenvalue weighted by atomic mass is 35.5. The molecule has 0 amide bonds. The Morgan fingerprint density at radius 2 is 2.26 bits per heavy atom. The molecule has 0 aromatic heterocycles. The van der Waals surface area contributed by atoms with E-state index in [-0.39, 0.29) is 29.7 Å². The van der Waals surface area contributed by atoms with E-state index in [1.54, 1.807) is 6.92 Å². The molecule has 6 heteroatoms. The van der Waals surface area contributed by atoms with Gasteiger partial charge in [-0.25, -0.2) is 4.39 Å². The van der Waals surface area contributed by atoms with Crippen molar-refractivity contribution < 1.29 is 13.9 Å². The summed E-state index contributed by atoms with van der Waals surface area (Å²) in [6.45, 7) is 3.48. The largest absolute Gasteiger partial charge is 0.479 e. The Hall–Kier alpha value is -1.80. The Kier molecular flexibility index (Phi) is 5.13. The highest BCUT2D eigenvalue weighted by molar-refractivity contribution is 6.30. The molecule has 0 radical (unpaired) electrons. The van der Waals surface area contributed by atoms with Gasteiger partial charge in [-0.2, -0.15) is 5.26 Å².